The highest BCUT2D eigenvalue weighted by Gasteiger charge is 2.23. The molecule has 1 aliphatic rings. The molecule has 1 aromatic heterocycles. The molecule has 1 aromatic rings. The van der Waals surface area contributed by atoms with Crippen molar-refractivity contribution in [3.63, 3.8) is 0 Å². The van der Waals surface area contributed by atoms with Gasteiger partial charge in [-0.15, -0.1) is 11.3 Å². The predicted octanol–water partition coefficient (Wildman–Crippen LogP) is 1.95. The van der Waals surface area contributed by atoms with Crippen LogP contribution in [0.1, 0.15) is 36.6 Å². The smallest absolute Gasteiger partial charge is 0.305 e. The topological polar surface area (TPSA) is 75.6 Å². The third-order valence-corrected chi connectivity index (χ3v) is 4.02. The van der Waals surface area contributed by atoms with Crippen molar-refractivity contribution in [1.82, 2.24) is 5.32 Å². The van der Waals surface area contributed by atoms with E-state index in [1.165, 1.54) is 11.3 Å². The fourth-order valence-electron chi connectivity index (χ4n) is 2.15. The summed E-state index contributed by atoms with van der Waals surface area (Å²) in [6.07, 6.45) is 2.07. The maximum absolute atomic E-state index is 11.9. The lowest BCUT2D eigenvalue weighted by atomic mass is 10.1. The average molecular weight is 283 g/mol. The van der Waals surface area contributed by atoms with Crippen LogP contribution in [0.2, 0.25) is 0 Å². The number of ether oxygens (including phenoxy) is 1. The summed E-state index contributed by atoms with van der Waals surface area (Å²) in [5.41, 5.74) is 0. The van der Waals surface area contributed by atoms with E-state index >= 15 is 0 Å². The second-order valence-electron chi connectivity index (χ2n) is 4.57. The van der Waals surface area contributed by atoms with Gasteiger partial charge in [0.25, 0.3) is 0 Å². The molecule has 1 saturated heterocycles. The van der Waals surface area contributed by atoms with Crippen molar-refractivity contribution in [2.75, 3.05) is 6.61 Å². The van der Waals surface area contributed by atoms with Crippen molar-refractivity contribution in [1.29, 1.82) is 0 Å². The first kappa shape index (κ1) is 14.0. The van der Waals surface area contributed by atoms with Crippen molar-refractivity contribution >= 4 is 23.2 Å². The monoisotopic (exact) mass is 283 g/mol. The van der Waals surface area contributed by atoms with Gasteiger partial charge in [0.05, 0.1) is 25.0 Å². The van der Waals surface area contributed by atoms with Crippen LogP contribution < -0.4 is 5.32 Å². The molecule has 1 amide bonds. The number of carboxylic acids is 1. The van der Waals surface area contributed by atoms with Crippen LogP contribution in [0.15, 0.2) is 17.5 Å². The Morgan fingerprint density at radius 2 is 2.42 bits per heavy atom. The second kappa shape index (κ2) is 6.68. The zero-order valence-corrected chi connectivity index (χ0v) is 11.3. The molecule has 1 aliphatic heterocycles. The van der Waals surface area contributed by atoms with Crippen LogP contribution in [0, 0.1) is 0 Å². The first-order chi connectivity index (χ1) is 9.15. The van der Waals surface area contributed by atoms with Crippen LogP contribution in [-0.4, -0.2) is 29.7 Å². The minimum absolute atomic E-state index is 0.0196. The number of hydrogen-bond acceptors (Lipinski definition) is 4. The molecule has 5 nitrogen and oxygen atoms in total. The molecule has 2 heterocycles. The Balaban J connectivity index is 1.91. The van der Waals surface area contributed by atoms with Crippen LogP contribution >= 0.6 is 11.3 Å². The van der Waals surface area contributed by atoms with Gasteiger partial charge >= 0.3 is 5.97 Å². The van der Waals surface area contributed by atoms with Gasteiger partial charge in [-0.1, -0.05) is 6.07 Å². The SMILES string of the molecule is O=C(O)C[C@H](NC(=O)C[C@H]1CCCO1)c1cccs1. The van der Waals surface area contributed by atoms with Crippen LogP contribution in [-0.2, 0) is 14.3 Å². The highest BCUT2D eigenvalue weighted by molar-refractivity contribution is 7.10. The van der Waals surface area contributed by atoms with Crippen molar-refractivity contribution < 1.29 is 19.4 Å². The number of carbonyl (C=O) groups excluding carboxylic acids is 1. The van der Waals surface area contributed by atoms with Gasteiger partial charge in [0.1, 0.15) is 0 Å². The largest absolute Gasteiger partial charge is 0.481 e. The molecule has 0 unspecified atom stereocenters. The summed E-state index contributed by atoms with van der Waals surface area (Å²) in [6, 6.07) is 3.23. The first-order valence-corrected chi connectivity index (χ1v) is 7.19. The fraction of sp³-hybridized carbons (Fsp3) is 0.538. The third-order valence-electron chi connectivity index (χ3n) is 3.04. The lowest BCUT2D eigenvalue weighted by Crippen LogP contribution is -2.32. The molecule has 0 saturated carbocycles. The van der Waals surface area contributed by atoms with E-state index in [9.17, 15) is 9.59 Å². The molecule has 104 valence electrons. The average Bonchev–Trinajstić information content (AvgIpc) is 2.99. The number of rotatable bonds is 6. The Kier molecular flexibility index (Phi) is 4.93. The molecule has 2 N–H and O–H groups in total. The summed E-state index contributed by atoms with van der Waals surface area (Å²) in [6.45, 7) is 0.710. The fourth-order valence-corrected chi connectivity index (χ4v) is 2.93. The highest BCUT2D eigenvalue weighted by Crippen LogP contribution is 2.23. The number of carboxylic acid groups (broad SMARTS) is 1. The number of amides is 1. The zero-order valence-electron chi connectivity index (χ0n) is 10.5. The van der Waals surface area contributed by atoms with E-state index in [2.05, 4.69) is 5.32 Å². The summed E-state index contributed by atoms with van der Waals surface area (Å²) in [7, 11) is 0. The van der Waals surface area contributed by atoms with E-state index in [0.717, 1.165) is 17.7 Å². The van der Waals surface area contributed by atoms with Gasteiger partial charge in [0.15, 0.2) is 0 Å². The van der Waals surface area contributed by atoms with Crippen LogP contribution in [0.5, 0.6) is 0 Å². The van der Waals surface area contributed by atoms with E-state index in [-0.39, 0.29) is 18.4 Å². The molecule has 0 aliphatic carbocycles. The highest BCUT2D eigenvalue weighted by atomic mass is 32.1. The number of carbonyl (C=O) groups is 2. The van der Waals surface area contributed by atoms with Gasteiger partial charge in [-0.3, -0.25) is 9.59 Å². The number of hydrogen-bond donors (Lipinski definition) is 2. The molecular formula is C13H17NO4S. The zero-order chi connectivity index (χ0) is 13.7. The molecule has 0 radical (unpaired) electrons. The number of nitrogens with one attached hydrogen (secondary N) is 1. The molecule has 6 heteroatoms. The van der Waals surface area contributed by atoms with Crippen LogP contribution in [0.3, 0.4) is 0 Å². The van der Waals surface area contributed by atoms with E-state index in [1.54, 1.807) is 0 Å². The number of aliphatic carboxylic acids is 1. The second-order valence-corrected chi connectivity index (χ2v) is 5.55. The van der Waals surface area contributed by atoms with E-state index in [1.807, 2.05) is 17.5 Å². The summed E-state index contributed by atoms with van der Waals surface area (Å²) < 4.78 is 5.40. The van der Waals surface area contributed by atoms with Gasteiger partial charge in [-0.25, -0.2) is 0 Å². The predicted molar refractivity (Wildman–Crippen MR) is 71.0 cm³/mol. The molecule has 19 heavy (non-hydrogen) atoms. The Labute approximate surface area is 115 Å². The van der Waals surface area contributed by atoms with Gasteiger partial charge in [-0.2, -0.15) is 0 Å². The van der Waals surface area contributed by atoms with E-state index in [4.69, 9.17) is 9.84 Å². The maximum atomic E-state index is 11.9. The van der Waals surface area contributed by atoms with Crippen molar-refractivity contribution in [3.8, 4) is 0 Å². The van der Waals surface area contributed by atoms with Gasteiger partial charge in [0, 0.05) is 11.5 Å². The molecule has 0 spiro atoms. The number of thiophene rings is 1. The van der Waals surface area contributed by atoms with E-state index < -0.39 is 12.0 Å². The van der Waals surface area contributed by atoms with Gasteiger partial charge < -0.3 is 15.2 Å². The van der Waals surface area contributed by atoms with Gasteiger partial charge in [-0.05, 0) is 24.3 Å². The van der Waals surface area contributed by atoms with Crippen molar-refractivity contribution in [2.24, 2.45) is 0 Å². The van der Waals surface area contributed by atoms with Crippen LogP contribution in [0.4, 0.5) is 0 Å². The Hall–Kier alpha value is -1.40. The van der Waals surface area contributed by atoms with Gasteiger partial charge in [0.2, 0.25) is 5.91 Å². The first-order valence-electron chi connectivity index (χ1n) is 6.31. The molecule has 0 aromatic carbocycles. The lowest BCUT2D eigenvalue weighted by Gasteiger charge is -2.17. The minimum atomic E-state index is -0.921. The minimum Gasteiger partial charge on any atom is -0.481 e. The summed E-state index contributed by atoms with van der Waals surface area (Å²) in [5.74, 6) is -1.07. The lowest BCUT2D eigenvalue weighted by molar-refractivity contribution is -0.137. The standard InChI is InChI=1S/C13H17NO4S/c15-12(7-9-3-1-5-18-9)14-10(8-13(16)17)11-4-2-6-19-11/h2,4,6,9-10H,1,3,5,7-8H2,(H,14,15)(H,16,17)/t9-,10+/m1/s1. The van der Waals surface area contributed by atoms with E-state index in [0.29, 0.717) is 13.0 Å². The summed E-state index contributed by atoms with van der Waals surface area (Å²) in [4.78, 5) is 23.6. The van der Waals surface area contributed by atoms with Crippen LogP contribution in [0.25, 0.3) is 0 Å². The van der Waals surface area contributed by atoms with Crippen molar-refractivity contribution in [3.05, 3.63) is 22.4 Å². The molecule has 1 fully saturated rings. The Morgan fingerprint density at radius 3 is 3.00 bits per heavy atom. The normalized spacial score (nSPS) is 20.1. The summed E-state index contributed by atoms with van der Waals surface area (Å²) >= 11 is 1.45. The Bertz CT molecular complexity index is 426. The van der Waals surface area contributed by atoms with Crippen molar-refractivity contribution in [2.45, 2.75) is 37.8 Å². The molecule has 2 atom stereocenters. The maximum Gasteiger partial charge on any atom is 0.305 e. The third kappa shape index (κ3) is 4.33. The molecule has 2 rings (SSSR count). The summed E-state index contributed by atoms with van der Waals surface area (Å²) in [5, 5.41) is 13.6. The quantitative estimate of drug-likeness (QED) is 0.836. The Morgan fingerprint density at radius 1 is 1.58 bits per heavy atom. The molecule has 0 bridgehead atoms. The molecular weight excluding hydrogens is 266 g/mol.